The molecule has 1 aromatic heterocycles. The van der Waals surface area contributed by atoms with Crippen molar-refractivity contribution in [3.63, 3.8) is 0 Å². The fourth-order valence-corrected chi connectivity index (χ4v) is 1.46. The summed E-state index contributed by atoms with van der Waals surface area (Å²) in [6.45, 7) is 4.08. The number of hydrogen-bond donors (Lipinski definition) is 1. The van der Waals surface area contributed by atoms with Crippen LogP contribution in [0.1, 0.15) is 50.0 Å². The Morgan fingerprint density at radius 2 is 2.17 bits per heavy atom. The highest BCUT2D eigenvalue weighted by atomic mass is 16.4. The van der Waals surface area contributed by atoms with E-state index in [1.54, 1.807) is 0 Å². The molecule has 1 N–H and O–H groups in total. The summed E-state index contributed by atoms with van der Waals surface area (Å²) in [6.07, 6.45) is 2.38. The molecule has 0 saturated heterocycles. The molecule has 0 aromatic carbocycles. The van der Waals surface area contributed by atoms with Gasteiger partial charge in [0.05, 0.1) is 5.69 Å². The highest BCUT2D eigenvalue weighted by Crippen LogP contribution is 2.41. The molecule has 1 saturated carbocycles. The summed E-state index contributed by atoms with van der Waals surface area (Å²) in [5, 5.41) is 0. The van der Waals surface area contributed by atoms with Crippen molar-refractivity contribution in [2.75, 3.05) is 0 Å². The standard InChI is InChI=1S/C9H13NO2/c1-5(2)8-7(6-3-4-6)10-9(11)12-8/h5-6H,3-4H2,1-2H3,(H,10,11). The molecule has 66 valence electrons. The van der Waals surface area contributed by atoms with E-state index in [0.29, 0.717) is 11.8 Å². The Kier molecular flexibility index (Phi) is 1.60. The molecule has 12 heavy (non-hydrogen) atoms. The van der Waals surface area contributed by atoms with Gasteiger partial charge in [0, 0.05) is 11.8 Å². The topological polar surface area (TPSA) is 46.0 Å². The third kappa shape index (κ3) is 1.19. The Labute approximate surface area is 70.8 Å². The van der Waals surface area contributed by atoms with Crippen LogP contribution >= 0.6 is 0 Å². The lowest BCUT2D eigenvalue weighted by Gasteiger charge is -2.01. The van der Waals surface area contributed by atoms with Gasteiger partial charge in [0.15, 0.2) is 0 Å². The summed E-state index contributed by atoms with van der Waals surface area (Å²) >= 11 is 0. The quantitative estimate of drug-likeness (QED) is 0.731. The zero-order valence-corrected chi connectivity index (χ0v) is 7.39. The van der Waals surface area contributed by atoms with Crippen LogP contribution in [0.4, 0.5) is 0 Å². The molecule has 0 aliphatic heterocycles. The monoisotopic (exact) mass is 167 g/mol. The van der Waals surface area contributed by atoms with E-state index in [-0.39, 0.29) is 5.76 Å². The van der Waals surface area contributed by atoms with Crippen LogP contribution in [0.25, 0.3) is 0 Å². The van der Waals surface area contributed by atoms with E-state index >= 15 is 0 Å². The van der Waals surface area contributed by atoms with Crippen LogP contribution in [0, 0.1) is 0 Å². The Morgan fingerprint density at radius 3 is 2.67 bits per heavy atom. The lowest BCUT2D eigenvalue weighted by atomic mass is 10.1. The van der Waals surface area contributed by atoms with Crippen LogP contribution in [-0.2, 0) is 0 Å². The zero-order chi connectivity index (χ0) is 8.72. The number of aromatic amines is 1. The highest BCUT2D eigenvalue weighted by molar-refractivity contribution is 5.20. The second kappa shape index (κ2) is 2.51. The number of aromatic nitrogens is 1. The number of oxazole rings is 1. The van der Waals surface area contributed by atoms with Gasteiger partial charge in [0.1, 0.15) is 5.76 Å². The van der Waals surface area contributed by atoms with Gasteiger partial charge in [-0.25, -0.2) is 4.79 Å². The first kappa shape index (κ1) is 7.65. The largest absolute Gasteiger partial charge is 0.416 e. The summed E-state index contributed by atoms with van der Waals surface area (Å²) in [5.41, 5.74) is 1.04. The third-order valence-corrected chi connectivity index (χ3v) is 2.21. The SMILES string of the molecule is CC(C)c1oc(=O)[nH]c1C1CC1. The minimum absolute atomic E-state index is 0.305. The van der Waals surface area contributed by atoms with Crippen molar-refractivity contribution in [2.45, 2.75) is 38.5 Å². The fraction of sp³-hybridized carbons (Fsp3) is 0.667. The van der Waals surface area contributed by atoms with Crippen molar-refractivity contribution in [3.05, 3.63) is 22.0 Å². The van der Waals surface area contributed by atoms with Gasteiger partial charge in [-0.3, -0.25) is 4.98 Å². The minimum atomic E-state index is -0.305. The number of hydrogen-bond acceptors (Lipinski definition) is 2. The van der Waals surface area contributed by atoms with Gasteiger partial charge in [0.25, 0.3) is 0 Å². The molecule has 0 radical (unpaired) electrons. The van der Waals surface area contributed by atoms with Crippen LogP contribution < -0.4 is 5.76 Å². The molecule has 0 amide bonds. The molecule has 1 aromatic rings. The highest BCUT2D eigenvalue weighted by Gasteiger charge is 2.30. The predicted molar refractivity (Wildman–Crippen MR) is 45.4 cm³/mol. The molecular weight excluding hydrogens is 154 g/mol. The van der Waals surface area contributed by atoms with E-state index in [1.165, 1.54) is 12.8 Å². The molecule has 1 aliphatic carbocycles. The number of H-pyrrole nitrogens is 1. The van der Waals surface area contributed by atoms with E-state index in [0.717, 1.165) is 11.5 Å². The molecule has 1 heterocycles. The first-order chi connectivity index (χ1) is 5.68. The van der Waals surface area contributed by atoms with Crippen molar-refractivity contribution in [3.8, 4) is 0 Å². The maximum Gasteiger partial charge on any atom is 0.416 e. The normalized spacial score (nSPS) is 17.2. The second-order valence-electron chi connectivity index (χ2n) is 3.72. The minimum Gasteiger partial charge on any atom is -0.412 e. The van der Waals surface area contributed by atoms with Crippen molar-refractivity contribution >= 4 is 0 Å². The summed E-state index contributed by atoms with van der Waals surface area (Å²) in [6, 6.07) is 0. The molecule has 0 atom stereocenters. The molecule has 3 nitrogen and oxygen atoms in total. The Bertz CT molecular complexity index is 308. The van der Waals surface area contributed by atoms with Crippen LogP contribution in [-0.4, -0.2) is 4.98 Å². The van der Waals surface area contributed by atoms with E-state index < -0.39 is 0 Å². The van der Waals surface area contributed by atoms with E-state index in [4.69, 9.17) is 4.42 Å². The van der Waals surface area contributed by atoms with Crippen LogP contribution in [0.5, 0.6) is 0 Å². The summed E-state index contributed by atoms with van der Waals surface area (Å²) < 4.78 is 5.07. The zero-order valence-electron chi connectivity index (χ0n) is 7.39. The molecule has 0 bridgehead atoms. The molecule has 2 rings (SSSR count). The maximum absolute atomic E-state index is 10.9. The number of rotatable bonds is 2. The predicted octanol–water partition coefficient (Wildman–Crippen LogP) is 1.97. The lowest BCUT2D eigenvalue weighted by Crippen LogP contribution is -1.95. The van der Waals surface area contributed by atoms with Crippen molar-refractivity contribution in [2.24, 2.45) is 0 Å². The van der Waals surface area contributed by atoms with Gasteiger partial charge in [0.2, 0.25) is 0 Å². The van der Waals surface area contributed by atoms with Gasteiger partial charge in [-0.1, -0.05) is 13.8 Å². The van der Waals surface area contributed by atoms with Crippen LogP contribution in [0.2, 0.25) is 0 Å². The van der Waals surface area contributed by atoms with E-state index in [9.17, 15) is 4.79 Å². The Morgan fingerprint density at radius 1 is 1.50 bits per heavy atom. The summed E-state index contributed by atoms with van der Waals surface area (Å²) in [5.74, 6) is 1.41. The van der Waals surface area contributed by atoms with Crippen molar-refractivity contribution < 1.29 is 4.42 Å². The third-order valence-electron chi connectivity index (χ3n) is 2.21. The molecular formula is C9H13NO2. The van der Waals surface area contributed by atoms with Gasteiger partial charge >= 0.3 is 5.76 Å². The smallest absolute Gasteiger partial charge is 0.412 e. The Balaban J connectivity index is 2.43. The molecule has 1 aliphatic rings. The van der Waals surface area contributed by atoms with E-state index in [1.807, 2.05) is 13.8 Å². The van der Waals surface area contributed by atoms with Crippen molar-refractivity contribution in [1.82, 2.24) is 4.98 Å². The fourth-order valence-electron chi connectivity index (χ4n) is 1.46. The molecule has 3 heteroatoms. The van der Waals surface area contributed by atoms with Gasteiger partial charge in [-0.15, -0.1) is 0 Å². The Hall–Kier alpha value is -0.990. The van der Waals surface area contributed by atoms with Crippen LogP contribution in [0.3, 0.4) is 0 Å². The molecule has 0 unspecified atom stereocenters. The first-order valence-electron chi connectivity index (χ1n) is 4.41. The maximum atomic E-state index is 10.9. The van der Waals surface area contributed by atoms with Crippen molar-refractivity contribution in [1.29, 1.82) is 0 Å². The first-order valence-corrected chi connectivity index (χ1v) is 4.41. The van der Waals surface area contributed by atoms with Gasteiger partial charge in [-0.2, -0.15) is 0 Å². The van der Waals surface area contributed by atoms with Gasteiger partial charge < -0.3 is 4.42 Å². The van der Waals surface area contributed by atoms with Gasteiger partial charge in [-0.05, 0) is 12.8 Å². The lowest BCUT2D eigenvalue weighted by molar-refractivity contribution is 0.448. The summed E-state index contributed by atoms with van der Waals surface area (Å²) in [7, 11) is 0. The van der Waals surface area contributed by atoms with Crippen LogP contribution in [0.15, 0.2) is 9.21 Å². The average molecular weight is 167 g/mol. The molecule has 1 fully saturated rings. The average Bonchev–Trinajstić information content (AvgIpc) is 2.75. The second-order valence-corrected chi connectivity index (χ2v) is 3.72. The van der Waals surface area contributed by atoms with E-state index in [2.05, 4.69) is 4.98 Å². The summed E-state index contributed by atoms with van der Waals surface area (Å²) in [4.78, 5) is 13.7. The number of nitrogens with one attached hydrogen (secondary N) is 1. The molecule has 0 spiro atoms.